The standard InChI is InChI=1S/C16H15N3OS/c1-3-14(20)18-13-9-11(7-6-10(13)2)15-19-12-5-4-8-17-16(12)21-15/h4-9H,3H2,1-2H3,(H,18,20). The molecule has 0 spiro atoms. The number of fused-ring (bicyclic) bond motifs is 1. The summed E-state index contributed by atoms with van der Waals surface area (Å²) in [6.45, 7) is 3.82. The van der Waals surface area contributed by atoms with E-state index in [4.69, 9.17) is 0 Å². The molecule has 106 valence electrons. The normalized spacial score (nSPS) is 10.8. The highest BCUT2D eigenvalue weighted by Gasteiger charge is 2.09. The van der Waals surface area contributed by atoms with Crippen LogP contribution in [0.15, 0.2) is 36.5 Å². The van der Waals surface area contributed by atoms with Crippen molar-refractivity contribution >= 4 is 33.3 Å². The summed E-state index contributed by atoms with van der Waals surface area (Å²) in [5.41, 5.74) is 3.78. The zero-order valence-corrected chi connectivity index (χ0v) is 12.7. The molecule has 5 heteroatoms. The lowest BCUT2D eigenvalue weighted by molar-refractivity contribution is -0.115. The Morgan fingerprint density at radius 2 is 2.19 bits per heavy atom. The molecule has 21 heavy (non-hydrogen) atoms. The molecule has 3 aromatic rings. The molecule has 0 saturated carbocycles. The van der Waals surface area contributed by atoms with E-state index in [0.29, 0.717) is 6.42 Å². The molecule has 0 saturated heterocycles. The number of rotatable bonds is 3. The summed E-state index contributed by atoms with van der Waals surface area (Å²) >= 11 is 1.55. The van der Waals surface area contributed by atoms with E-state index >= 15 is 0 Å². The molecular formula is C16H15N3OS. The highest BCUT2D eigenvalue weighted by molar-refractivity contribution is 7.21. The van der Waals surface area contributed by atoms with Crippen LogP contribution in [-0.4, -0.2) is 15.9 Å². The zero-order valence-electron chi connectivity index (χ0n) is 11.9. The van der Waals surface area contributed by atoms with Crippen LogP contribution in [0.4, 0.5) is 5.69 Å². The summed E-state index contributed by atoms with van der Waals surface area (Å²) in [5.74, 6) is 0.0150. The van der Waals surface area contributed by atoms with Gasteiger partial charge in [0.1, 0.15) is 15.4 Å². The Balaban J connectivity index is 2.02. The first kappa shape index (κ1) is 13.7. The minimum atomic E-state index is 0.0150. The smallest absolute Gasteiger partial charge is 0.224 e. The summed E-state index contributed by atoms with van der Waals surface area (Å²) in [6, 6.07) is 9.83. The van der Waals surface area contributed by atoms with Crippen molar-refractivity contribution in [1.82, 2.24) is 9.97 Å². The molecule has 2 heterocycles. The van der Waals surface area contributed by atoms with E-state index in [1.807, 2.05) is 44.2 Å². The summed E-state index contributed by atoms with van der Waals surface area (Å²) in [7, 11) is 0. The third-order valence-electron chi connectivity index (χ3n) is 3.25. The molecule has 1 N–H and O–H groups in total. The summed E-state index contributed by atoms with van der Waals surface area (Å²) in [6.07, 6.45) is 2.24. The second-order valence-corrected chi connectivity index (χ2v) is 5.76. The lowest BCUT2D eigenvalue weighted by Crippen LogP contribution is -2.10. The number of hydrogen-bond acceptors (Lipinski definition) is 4. The van der Waals surface area contributed by atoms with Crippen LogP contribution >= 0.6 is 11.3 Å². The van der Waals surface area contributed by atoms with Crippen LogP contribution < -0.4 is 5.32 Å². The first-order valence-electron chi connectivity index (χ1n) is 6.80. The van der Waals surface area contributed by atoms with Crippen LogP contribution in [0.5, 0.6) is 0 Å². The van der Waals surface area contributed by atoms with Crippen molar-refractivity contribution in [3.05, 3.63) is 42.1 Å². The first-order chi connectivity index (χ1) is 10.2. The topological polar surface area (TPSA) is 54.9 Å². The minimum Gasteiger partial charge on any atom is -0.326 e. The number of nitrogens with zero attached hydrogens (tertiary/aromatic N) is 2. The van der Waals surface area contributed by atoms with Gasteiger partial charge >= 0.3 is 0 Å². The Morgan fingerprint density at radius 1 is 1.33 bits per heavy atom. The average Bonchev–Trinajstić information content (AvgIpc) is 2.93. The van der Waals surface area contributed by atoms with Crippen LogP contribution in [0.3, 0.4) is 0 Å². The van der Waals surface area contributed by atoms with Gasteiger partial charge in [0.25, 0.3) is 0 Å². The van der Waals surface area contributed by atoms with Gasteiger partial charge in [-0.1, -0.05) is 30.4 Å². The van der Waals surface area contributed by atoms with Gasteiger partial charge in [-0.2, -0.15) is 0 Å². The molecule has 0 aliphatic carbocycles. The van der Waals surface area contributed by atoms with Crippen molar-refractivity contribution in [3.8, 4) is 10.6 Å². The lowest BCUT2D eigenvalue weighted by atomic mass is 10.1. The molecule has 3 rings (SSSR count). The van der Waals surface area contributed by atoms with Gasteiger partial charge in [-0.25, -0.2) is 9.97 Å². The largest absolute Gasteiger partial charge is 0.326 e. The maximum Gasteiger partial charge on any atom is 0.224 e. The number of pyridine rings is 1. The Hall–Kier alpha value is -2.27. The van der Waals surface area contributed by atoms with Crippen LogP contribution in [0.25, 0.3) is 20.9 Å². The van der Waals surface area contributed by atoms with Gasteiger partial charge in [-0.15, -0.1) is 0 Å². The molecule has 1 aromatic carbocycles. The fourth-order valence-corrected chi connectivity index (χ4v) is 2.93. The van der Waals surface area contributed by atoms with Gasteiger partial charge in [0, 0.05) is 23.9 Å². The summed E-state index contributed by atoms with van der Waals surface area (Å²) in [5, 5.41) is 3.84. The monoisotopic (exact) mass is 297 g/mol. The van der Waals surface area contributed by atoms with Gasteiger partial charge < -0.3 is 5.32 Å². The fraction of sp³-hybridized carbons (Fsp3) is 0.188. The predicted molar refractivity (Wildman–Crippen MR) is 86.5 cm³/mol. The molecule has 0 atom stereocenters. The van der Waals surface area contributed by atoms with Crippen molar-refractivity contribution in [2.45, 2.75) is 20.3 Å². The lowest BCUT2D eigenvalue weighted by Gasteiger charge is -2.08. The number of carbonyl (C=O) groups excluding carboxylic acids is 1. The number of thiazole rings is 1. The van der Waals surface area contributed by atoms with E-state index in [1.165, 1.54) is 0 Å². The molecule has 2 aromatic heterocycles. The Morgan fingerprint density at radius 3 is 2.95 bits per heavy atom. The van der Waals surface area contributed by atoms with Crippen LogP contribution in [0, 0.1) is 6.92 Å². The van der Waals surface area contributed by atoms with E-state index in [2.05, 4.69) is 15.3 Å². The number of anilines is 1. The predicted octanol–water partition coefficient (Wildman–Crippen LogP) is 4.02. The van der Waals surface area contributed by atoms with Gasteiger partial charge in [0.05, 0.1) is 0 Å². The summed E-state index contributed by atoms with van der Waals surface area (Å²) in [4.78, 5) is 21.4. The first-order valence-corrected chi connectivity index (χ1v) is 7.61. The van der Waals surface area contributed by atoms with Crippen molar-refractivity contribution in [2.24, 2.45) is 0 Å². The third-order valence-corrected chi connectivity index (χ3v) is 4.27. The number of amides is 1. The maximum atomic E-state index is 11.6. The zero-order chi connectivity index (χ0) is 14.8. The molecule has 0 unspecified atom stereocenters. The van der Waals surface area contributed by atoms with Gasteiger partial charge in [0.15, 0.2) is 0 Å². The number of carbonyl (C=O) groups is 1. The molecule has 4 nitrogen and oxygen atoms in total. The van der Waals surface area contributed by atoms with Gasteiger partial charge in [-0.05, 0) is 30.7 Å². The highest BCUT2D eigenvalue weighted by Crippen LogP contribution is 2.31. The Bertz CT molecular complexity index is 777. The quantitative estimate of drug-likeness (QED) is 0.794. The minimum absolute atomic E-state index is 0.0150. The van der Waals surface area contributed by atoms with E-state index in [-0.39, 0.29) is 5.91 Å². The van der Waals surface area contributed by atoms with Crippen LogP contribution in [0.1, 0.15) is 18.9 Å². The number of benzene rings is 1. The SMILES string of the molecule is CCC(=O)Nc1cc(-c2nc3cccnc3s2)ccc1C. The van der Waals surface area contributed by atoms with E-state index < -0.39 is 0 Å². The second-order valence-electron chi connectivity index (χ2n) is 4.78. The molecule has 0 aliphatic rings. The fourth-order valence-electron chi connectivity index (χ4n) is 2.02. The summed E-state index contributed by atoms with van der Waals surface area (Å²) < 4.78 is 0. The van der Waals surface area contributed by atoms with Gasteiger partial charge in [0.2, 0.25) is 5.91 Å². The van der Waals surface area contributed by atoms with Crippen molar-refractivity contribution in [1.29, 1.82) is 0 Å². The van der Waals surface area contributed by atoms with Crippen LogP contribution in [-0.2, 0) is 4.79 Å². The van der Waals surface area contributed by atoms with Crippen molar-refractivity contribution in [3.63, 3.8) is 0 Å². The Labute approximate surface area is 126 Å². The second kappa shape index (κ2) is 5.61. The molecule has 0 radical (unpaired) electrons. The number of hydrogen-bond donors (Lipinski definition) is 1. The molecule has 0 fully saturated rings. The third kappa shape index (κ3) is 2.78. The number of aryl methyl sites for hydroxylation is 1. The van der Waals surface area contributed by atoms with E-state index in [0.717, 1.165) is 32.2 Å². The molecule has 0 bridgehead atoms. The van der Waals surface area contributed by atoms with Gasteiger partial charge in [-0.3, -0.25) is 4.79 Å². The van der Waals surface area contributed by atoms with Crippen LogP contribution in [0.2, 0.25) is 0 Å². The van der Waals surface area contributed by atoms with Crippen molar-refractivity contribution in [2.75, 3.05) is 5.32 Å². The van der Waals surface area contributed by atoms with E-state index in [9.17, 15) is 4.79 Å². The molecule has 0 aliphatic heterocycles. The Kier molecular flexibility index (Phi) is 3.66. The van der Waals surface area contributed by atoms with Crippen molar-refractivity contribution < 1.29 is 4.79 Å². The molecule has 1 amide bonds. The van der Waals surface area contributed by atoms with E-state index in [1.54, 1.807) is 17.5 Å². The number of nitrogens with one attached hydrogen (secondary N) is 1. The molecular weight excluding hydrogens is 282 g/mol. The highest BCUT2D eigenvalue weighted by atomic mass is 32.1. The number of aromatic nitrogens is 2. The average molecular weight is 297 g/mol. The maximum absolute atomic E-state index is 11.6.